The Morgan fingerprint density at radius 1 is 0.774 bits per heavy atom. The molecule has 0 aliphatic carbocycles. The zero-order chi connectivity index (χ0) is 21.3. The quantitative estimate of drug-likeness (QED) is 0.448. The van der Waals surface area contributed by atoms with E-state index in [0.717, 1.165) is 16.8 Å². The number of hydrogen-bond donors (Lipinski definition) is 1. The summed E-state index contributed by atoms with van der Waals surface area (Å²) in [5, 5.41) is 7.53. The fraction of sp³-hybridized carbons (Fsp3) is 0. The smallest absolute Gasteiger partial charge is 0.247 e. The summed E-state index contributed by atoms with van der Waals surface area (Å²) in [6.07, 6.45) is 5.03. The Labute approximate surface area is 179 Å². The van der Waals surface area contributed by atoms with Gasteiger partial charge in [-0.05, 0) is 53.6 Å². The zero-order valence-electron chi connectivity index (χ0n) is 16.3. The van der Waals surface area contributed by atoms with Gasteiger partial charge in [0.25, 0.3) is 0 Å². The Kier molecular flexibility index (Phi) is 4.68. The van der Waals surface area contributed by atoms with E-state index in [0.29, 0.717) is 11.6 Å². The van der Waals surface area contributed by atoms with Gasteiger partial charge in [-0.2, -0.15) is 4.98 Å². The van der Waals surface area contributed by atoms with Crippen LogP contribution in [0.4, 0.5) is 11.6 Å². The first-order chi connectivity index (χ1) is 15.1. The Bertz CT molecular complexity index is 1450. The lowest BCUT2D eigenvalue weighted by molar-refractivity contribution is 0.595. The molecule has 3 heterocycles. The van der Waals surface area contributed by atoms with Gasteiger partial charge >= 0.3 is 0 Å². The first-order valence-electron chi connectivity index (χ1n) is 9.54. The van der Waals surface area contributed by atoms with Crippen LogP contribution in [-0.2, 0) is 9.84 Å². The third-order valence-electron chi connectivity index (χ3n) is 4.80. The molecule has 0 amide bonds. The summed E-state index contributed by atoms with van der Waals surface area (Å²) in [6.45, 7) is 0. The molecule has 0 saturated carbocycles. The first-order valence-corrected chi connectivity index (χ1v) is 11.0. The van der Waals surface area contributed by atoms with Crippen molar-refractivity contribution >= 4 is 27.1 Å². The van der Waals surface area contributed by atoms with E-state index in [-0.39, 0.29) is 9.79 Å². The molecule has 0 saturated heterocycles. The van der Waals surface area contributed by atoms with E-state index in [1.165, 1.54) is 10.7 Å². The number of sulfone groups is 1. The predicted molar refractivity (Wildman–Crippen MR) is 118 cm³/mol. The van der Waals surface area contributed by atoms with E-state index < -0.39 is 9.84 Å². The van der Waals surface area contributed by atoms with E-state index in [4.69, 9.17) is 0 Å². The SMILES string of the molecule is O=S(=O)(c1ccccc1)c1ccc2nc(Nc3ccc(-c4cccnc4)cc3)nn2c1. The molecule has 5 aromatic rings. The molecule has 3 aromatic heterocycles. The maximum Gasteiger partial charge on any atom is 0.247 e. The molecule has 0 aliphatic rings. The van der Waals surface area contributed by atoms with E-state index >= 15 is 0 Å². The third kappa shape index (κ3) is 3.76. The van der Waals surface area contributed by atoms with E-state index in [1.54, 1.807) is 48.7 Å². The molecular weight excluding hydrogens is 410 g/mol. The summed E-state index contributed by atoms with van der Waals surface area (Å²) < 4.78 is 27.1. The summed E-state index contributed by atoms with van der Waals surface area (Å²) in [7, 11) is -3.63. The number of nitrogens with zero attached hydrogens (tertiary/aromatic N) is 4. The number of nitrogens with one attached hydrogen (secondary N) is 1. The number of pyridine rings is 2. The average molecular weight is 427 g/mol. The van der Waals surface area contributed by atoms with Gasteiger partial charge in [-0.3, -0.25) is 4.98 Å². The molecule has 8 heteroatoms. The second-order valence-corrected chi connectivity index (χ2v) is 8.81. The summed E-state index contributed by atoms with van der Waals surface area (Å²) in [4.78, 5) is 8.95. The standard InChI is InChI=1S/C23H17N5O2S/c29-31(30,20-6-2-1-3-7-20)21-12-13-22-26-23(27-28(22)16-21)25-19-10-8-17(9-11-19)18-5-4-14-24-15-18/h1-16H,(H,25,27). The maximum atomic E-state index is 12.8. The molecule has 0 fully saturated rings. The van der Waals surface area contributed by atoms with Gasteiger partial charge in [0.05, 0.1) is 16.0 Å². The normalized spacial score (nSPS) is 11.5. The topological polar surface area (TPSA) is 89.2 Å². The highest BCUT2D eigenvalue weighted by atomic mass is 32.2. The van der Waals surface area contributed by atoms with Gasteiger partial charge in [0.1, 0.15) is 0 Å². The van der Waals surface area contributed by atoms with Gasteiger partial charge in [0.2, 0.25) is 15.8 Å². The highest BCUT2D eigenvalue weighted by molar-refractivity contribution is 7.91. The lowest BCUT2D eigenvalue weighted by atomic mass is 10.1. The molecule has 0 bridgehead atoms. The minimum Gasteiger partial charge on any atom is -0.323 e. The summed E-state index contributed by atoms with van der Waals surface area (Å²) in [6, 6.07) is 23.2. The predicted octanol–water partition coefficient (Wildman–Crippen LogP) is 4.37. The minimum atomic E-state index is -3.63. The van der Waals surface area contributed by atoms with E-state index in [1.807, 2.05) is 42.6 Å². The monoisotopic (exact) mass is 427 g/mol. The number of anilines is 2. The number of fused-ring (bicyclic) bond motifs is 1. The van der Waals surface area contributed by atoms with Crippen molar-refractivity contribution in [1.29, 1.82) is 0 Å². The molecule has 0 radical (unpaired) electrons. The number of aromatic nitrogens is 4. The molecule has 0 aliphatic heterocycles. The lowest BCUT2D eigenvalue weighted by Gasteiger charge is -2.04. The van der Waals surface area contributed by atoms with E-state index in [9.17, 15) is 8.42 Å². The van der Waals surface area contributed by atoms with Crippen molar-refractivity contribution in [3.05, 3.63) is 97.5 Å². The molecule has 7 nitrogen and oxygen atoms in total. The second-order valence-electron chi connectivity index (χ2n) is 6.86. The minimum absolute atomic E-state index is 0.156. The summed E-state index contributed by atoms with van der Waals surface area (Å²) in [5.41, 5.74) is 3.45. The molecule has 152 valence electrons. The number of hydrogen-bond acceptors (Lipinski definition) is 6. The first kappa shape index (κ1) is 19.0. The average Bonchev–Trinajstić information content (AvgIpc) is 3.22. The van der Waals surface area contributed by atoms with Crippen LogP contribution in [0, 0.1) is 0 Å². The van der Waals surface area contributed by atoms with Crippen LogP contribution < -0.4 is 5.32 Å². The molecule has 0 unspecified atom stereocenters. The fourth-order valence-electron chi connectivity index (χ4n) is 3.22. The Balaban J connectivity index is 1.41. The van der Waals surface area contributed by atoms with Gasteiger partial charge < -0.3 is 5.32 Å². The maximum absolute atomic E-state index is 12.8. The van der Waals surface area contributed by atoms with Gasteiger partial charge in [0.15, 0.2) is 5.65 Å². The molecular formula is C23H17N5O2S. The van der Waals surface area contributed by atoms with Crippen LogP contribution in [0.5, 0.6) is 0 Å². The van der Waals surface area contributed by atoms with Crippen LogP contribution in [0.2, 0.25) is 0 Å². The Morgan fingerprint density at radius 3 is 2.32 bits per heavy atom. The molecule has 31 heavy (non-hydrogen) atoms. The van der Waals surface area contributed by atoms with Gasteiger partial charge in [-0.1, -0.05) is 36.4 Å². The van der Waals surface area contributed by atoms with Gasteiger partial charge in [-0.15, -0.1) is 5.10 Å². The molecule has 1 N–H and O–H groups in total. The highest BCUT2D eigenvalue weighted by Gasteiger charge is 2.18. The van der Waals surface area contributed by atoms with Crippen molar-refractivity contribution in [2.24, 2.45) is 0 Å². The van der Waals surface area contributed by atoms with Crippen LogP contribution >= 0.6 is 0 Å². The van der Waals surface area contributed by atoms with Crippen molar-refractivity contribution in [2.75, 3.05) is 5.32 Å². The molecule has 0 atom stereocenters. The Hall–Kier alpha value is -4.04. The molecule has 2 aromatic carbocycles. The van der Waals surface area contributed by atoms with Crippen LogP contribution in [-0.4, -0.2) is 28.0 Å². The molecule has 0 spiro atoms. The van der Waals surface area contributed by atoms with Crippen molar-refractivity contribution in [3.8, 4) is 11.1 Å². The van der Waals surface area contributed by atoms with E-state index in [2.05, 4.69) is 20.4 Å². The third-order valence-corrected chi connectivity index (χ3v) is 6.56. The Morgan fingerprint density at radius 2 is 1.58 bits per heavy atom. The summed E-state index contributed by atoms with van der Waals surface area (Å²) in [5.74, 6) is 0.378. The lowest BCUT2D eigenvalue weighted by Crippen LogP contribution is -2.03. The molecule has 5 rings (SSSR count). The van der Waals surface area contributed by atoms with Crippen LogP contribution in [0.1, 0.15) is 0 Å². The highest BCUT2D eigenvalue weighted by Crippen LogP contribution is 2.23. The summed E-state index contributed by atoms with van der Waals surface area (Å²) >= 11 is 0. The zero-order valence-corrected chi connectivity index (χ0v) is 17.1. The van der Waals surface area contributed by atoms with Crippen LogP contribution in [0.25, 0.3) is 16.8 Å². The van der Waals surface area contributed by atoms with Crippen LogP contribution in [0.3, 0.4) is 0 Å². The van der Waals surface area contributed by atoms with Crippen molar-refractivity contribution in [2.45, 2.75) is 9.79 Å². The van der Waals surface area contributed by atoms with Gasteiger partial charge in [0, 0.05) is 18.1 Å². The van der Waals surface area contributed by atoms with Crippen molar-refractivity contribution in [3.63, 3.8) is 0 Å². The number of rotatable bonds is 5. The van der Waals surface area contributed by atoms with Crippen LogP contribution in [0.15, 0.2) is 107 Å². The number of benzene rings is 2. The largest absolute Gasteiger partial charge is 0.323 e. The van der Waals surface area contributed by atoms with Crippen molar-refractivity contribution < 1.29 is 8.42 Å². The van der Waals surface area contributed by atoms with Gasteiger partial charge in [-0.25, -0.2) is 12.9 Å². The van der Waals surface area contributed by atoms with Crippen molar-refractivity contribution in [1.82, 2.24) is 19.6 Å². The second kappa shape index (κ2) is 7.66. The fourth-order valence-corrected chi connectivity index (χ4v) is 4.49.